The molecule has 2 rings (SSSR count). The first-order valence-corrected chi connectivity index (χ1v) is 5.64. The highest BCUT2D eigenvalue weighted by molar-refractivity contribution is 5.82. The molecule has 18 heavy (non-hydrogen) atoms. The van der Waals surface area contributed by atoms with E-state index in [0.29, 0.717) is 12.8 Å². The molecule has 0 spiro atoms. The normalized spacial score (nSPS) is 20.5. The van der Waals surface area contributed by atoms with E-state index in [1.807, 2.05) is 0 Å². The van der Waals surface area contributed by atoms with Crippen LogP contribution in [0.4, 0.5) is 18.0 Å². The molecule has 2 fully saturated rings. The molecule has 2 amide bonds. The van der Waals surface area contributed by atoms with Crippen LogP contribution < -0.4 is 0 Å². The summed E-state index contributed by atoms with van der Waals surface area (Å²) in [6.45, 7) is 0.389. The van der Waals surface area contributed by atoms with Crippen LogP contribution in [0.2, 0.25) is 0 Å². The number of hydrogen-bond acceptors (Lipinski definition) is 2. The Labute approximate surface area is 101 Å². The highest BCUT2D eigenvalue weighted by atomic mass is 19.4. The molecule has 0 aromatic heterocycles. The molecule has 2 aliphatic rings. The largest absolute Gasteiger partial charge is 0.471 e. The molecule has 1 N–H and O–H groups in total. The topological polar surface area (TPSA) is 60.9 Å². The van der Waals surface area contributed by atoms with E-state index < -0.39 is 18.2 Å². The van der Waals surface area contributed by atoms with Gasteiger partial charge in [-0.05, 0) is 12.8 Å². The quantitative estimate of drug-likeness (QED) is 0.833. The highest BCUT2D eigenvalue weighted by Crippen LogP contribution is 2.32. The van der Waals surface area contributed by atoms with Crippen molar-refractivity contribution in [1.29, 1.82) is 0 Å². The Kier molecular flexibility index (Phi) is 3.12. The van der Waals surface area contributed by atoms with Gasteiger partial charge in [-0.2, -0.15) is 13.2 Å². The van der Waals surface area contributed by atoms with Crippen molar-refractivity contribution in [3.8, 4) is 0 Å². The molecular weight excluding hydrogens is 253 g/mol. The number of carbonyl (C=O) groups is 2. The Morgan fingerprint density at radius 1 is 1.28 bits per heavy atom. The number of rotatable bonds is 3. The summed E-state index contributed by atoms with van der Waals surface area (Å²) in [6.07, 6.45) is -4.74. The molecule has 1 saturated heterocycles. The van der Waals surface area contributed by atoms with Crippen molar-refractivity contribution in [3.63, 3.8) is 0 Å². The Bertz CT molecular complexity index is 362. The fourth-order valence-corrected chi connectivity index (χ4v) is 2.07. The van der Waals surface area contributed by atoms with Crippen molar-refractivity contribution in [2.45, 2.75) is 25.1 Å². The maximum absolute atomic E-state index is 12.4. The van der Waals surface area contributed by atoms with Gasteiger partial charge in [0.25, 0.3) is 0 Å². The zero-order valence-electron chi connectivity index (χ0n) is 9.48. The Hall–Kier alpha value is -1.47. The molecule has 0 atom stereocenters. The molecule has 1 aliphatic carbocycles. The van der Waals surface area contributed by atoms with Gasteiger partial charge in [-0.1, -0.05) is 0 Å². The lowest BCUT2D eigenvalue weighted by Crippen LogP contribution is -2.55. The van der Waals surface area contributed by atoms with Gasteiger partial charge in [0.1, 0.15) is 0 Å². The first-order chi connectivity index (χ1) is 8.29. The fourth-order valence-electron chi connectivity index (χ4n) is 2.07. The number of halogens is 3. The standard InChI is InChI=1S/C10H13F3N2O3/c11-10(12,13)8(16)15(7-1-2-7)5-6-3-14(4-6)9(17)18/h6-7H,1-5H2,(H,17,18). The number of carboxylic acid groups (broad SMARTS) is 1. The molecule has 0 unspecified atom stereocenters. The van der Waals surface area contributed by atoms with Gasteiger partial charge in [-0.25, -0.2) is 4.79 Å². The van der Waals surface area contributed by atoms with Crippen LogP contribution in [0.25, 0.3) is 0 Å². The van der Waals surface area contributed by atoms with E-state index in [4.69, 9.17) is 5.11 Å². The third-order valence-electron chi connectivity index (χ3n) is 3.17. The Balaban J connectivity index is 1.89. The molecule has 1 heterocycles. The predicted octanol–water partition coefficient (Wildman–Crippen LogP) is 1.15. The average molecular weight is 266 g/mol. The summed E-state index contributed by atoms with van der Waals surface area (Å²) in [6, 6.07) is -0.321. The van der Waals surface area contributed by atoms with E-state index in [0.717, 1.165) is 9.80 Å². The third-order valence-corrected chi connectivity index (χ3v) is 3.17. The maximum atomic E-state index is 12.4. The molecule has 0 aromatic rings. The summed E-state index contributed by atoms with van der Waals surface area (Å²) in [7, 11) is 0. The molecule has 8 heteroatoms. The second kappa shape index (κ2) is 4.33. The predicted molar refractivity (Wildman–Crippen MR) is 53.9 cm³/mol. The van der Waals surface area contributed by atoms with Gasteiger partial charge in [0.2, 0.25) is 0 Å². The molecule has 5 nitrogen and oxygen atoms in total. The number of alkyl halides is 3. The van der Waals surface area contributed by atoms with E-state index >= 15 is 0 Å². The van der Waals surface area contributed by atoms with Crippen molar-refractivity contribution in [3.05, 3.63) is 0 Å². The third kappa shape index (κ3) is 2.68. The lowest BCUT2D eigenvalue weighted by Gasteiger charge is -2.40. The first kappa shape index (κ1) is 13.0. The number of amides is 2. The second-order valence-electron chi connectivity index (χ2n) is 4.74. The minimum Gasteiger partial charge on any atom is -0.465 e. The lowest BCUT2D eigenvalue weighted by atomic mass is 10.00. The zero-order valence-corrected chi connectivity index (χ0v) is 9.48. The Morgan fingerprint density at radius 2 is 1.83 bits per heavy atom. The van der Waals surface area contributed by atoms with E-state index in [9.17, 15) is 22.8 Å². The fraction of sp³-hybridized carbons (Fsp3) is 0.800. The summed E-state index contributed by atoms with van der Waals surface area (Å²) < 4.78 is 37.1. The zero-order chi connectivity index (χ0) is 13.5. The minimum absolute atomic E-state index is 0.00715. The van der Waals surface area contributed by atoms with Crippen LogP contribution in [0, 0.1) is 5.92 Å². The maximum Gasteiger partial charge on any atom is 0.471 e. The van der Waals surface area contributed by atoms with Gasteiger partial charge in [-0.15, -0.1) is 0 Å². The number of nitrogens with zero attached hydrogens (tertiary/aromatic N) is 2. The number of hydrogen-bond donors (Lipinski definition) is 1. The van der Waals surface area contributed by atoms with Gasteiger partial charge < -0.3 is 14.9 Å². The Morgan fingerprint density at radius 3 is 2.22 bits per heavy atom. The smallest absolute Gasteiger partial charge is 0.465 e. The van der Waals surface area contributed by atoms with Crippen molar-refractivity contribution in [2.75, 3.05) is 19.6 Å². The number of likely N-dealkylation sites (tertiary alicyclic amines) is 1. The van der Waals surface area contributed by atoms with E-state index in [-0.39, 0.29) is 31.6 Å². The van der Waals surface area contributed by atoms with Crippen LogP contribution >= 0.6 is 0 Å². The summed E-state index contributed by atoms with van der Waals surface area (Å²) in [4.78, 5) is 23.7. The first-order valence-electron chi connectivity index (χ1n) is 5.64. The van der Waals surface area contributed by atoms with Crippen molar-refractivity contribution in [2.24, 2.45) is 5.92 Å². The molecular formula is C10H13F3N2O3. The van der Waals surface area contributed by atoms with Crippen LogP contribution in [-0.4, -0.2) is 58.8 Å². The van der Waals surface area contributed by atoms with Crippen LogP contribution in [0.1, 0.15) is 12.8 Å². The molecule has 0 aromatic carbocycles. The van der Waals surface area contributed by atoms with Crippen molar-refractivity contribution in [1.82, 2.24) is 9.80 Å². The number of carbonyl (C=O) groups excluding carboxylic acids is 1. The molecule has 1 saturated carbocycles. The van der Waals surface area contributed by atoms with E-state index in [1.54, 1.807) is 0 Å². The van der Waals surface area contributed by atoms with Crippen LogP contribution in [-0.2, 0) is 4.79 Å². The van der Waals surface area contributed by atoms with Crippen molar-refractivity contribution < 1.29 is 27.9 Å². The van der Waals surface area contributed by atoms with Crippen LogP contribution in [0.15, 0.2) is 0 Å². The molecule has 1 aliphatic heterocycles. The average Bonchev–Trinajstić information content (AvgIpc) is 2.96. The summed E-state index contributed by atoms with van der Waals surface area (Å²) in [5.41, 5.74) is 0. The van der Waals surface area contributed by atoms with Crippen LogP contribution in [0.3, 0.4) is 0 Å². The molecule has 0 bridgehead atoms. The van der Waals surface area contributed by atoms with E-state index in [1.165, 1.54) is 0 Å². The monoisotopic (exact) mass is 266 g/mol. The second-order valence-corrected chi connectivity index (χ2v) is 4.74. The molecule has 102 valence electrons. The summed E-state index contributed by atoms with van der Waals surface area (Å²) in [5.74, 6) is -1.99. The SMILES string of the molecule is O=C(O)N1CC(CN(C(=O)C(F)(F)F)C2CC2)C1. The minimum atomic E-state index is -4.85. The van der Waals surface area contributed by atoms with Gasteiger partial charge in [0.05, 0.1) is 0 Å². The van der Waals surface area contributed by atoms with Gasteiger partial charge in [0, 0.05) is 31.6 Å². The van der Waals surface area contributed by atoms with Crippen molar-refractivity contribution >= 4 is 12.0 Å². The summed E-state index contributed by atoms with van der Waals surface area (Å²) in [5, 5.41) is 8.61. The lowest BCUT2D eigenvalue weighted by molar-refractivity contribution is -0.187. The van der Waals surface area contributed by atoms with Gasteiger partial charge >= 0.3 is 18.2 Å². The molecule has 0 radical (unpaired) electrons. The highest BCUT2D eigenvalue weighted by Gasteiger charge is 2.48. The van der Waals surface area contributed by atoms with Gasteiger partial charge in [-0.3, -0.25) is 4.79 Å². The summed E-state index contributed by atoms with van der Waals surface area (Å²) >= 11 is 0. The van der Waals surface area contributed by atoms with Gasteiger partial charge in [0.15, 0.2) is 0 Å². The van der Waals surface area contributed by atoms with Crippen LogP contribution in [0.5, 0.6) is 0 Å². The van der Waals surface area contributed by atoms with E-state index in [2.05, 4.69) is 0 Å².